The number of carboxylic acids is 1. The van der Waals surface area contributed by atoms with E-state index in [0.717, 1.165) is 32.6 Å². The van der Waals surface area contributed by atoms with Crippen LogP contribution in [0.3, 0.4) is 0 Å². The third kappa shape index (κ3) is 7.47. The number of aromatic nitrogens is 4. The van der Waals surface area contributed by atoms with E-state index in [0.29, 0.717) is 29.5 Å². The van der Waals surface area contributed by atoms with Gasteiger partial charge in [0, 0.05) is 32.1 Å². The van der Waals surface area contributed by atoms with E-state index in [1.54, 1.807) is 11.5 Å². The van der Waals surface area contributed by atoms with Gasteiger partial charge in [-0.05, 0) is 31.0 Å². The van der Waals surface area contributed by atoms with Crippen LogP contribution >= 0.6 is 0 Å². The highest BCUT2D eigenvalue weighted by atomic mass is 19.4. The second-order valence-electron chi connectivity index (χ2n) is 11.3. The molecule has 2 aromatic heterocycles. The fraction of sp³-hybridized carbons (Fsp3) is 0.419. The molecule has 0 aliphatic carbocycles. The largest absolute Gasteiger partial charge is 0.490 e. The van der Waals surface area contributed by atoms with Crippen LogP contribution in [0, 0.1) is 0 Å². The molecule has 4 atom stereocenters. The third-order valence-corrected chi connectivity index (χ3v) is 8.13. The number of aliphatic hydroxyl groups is 3. The van der Waals surface area contributed by atoms with Crippen LogP contribution in [0.25, 0.3) is 11.2 Å². The summed E-state index contributed by atoms with van der Waals surface area (Å²) in [5.74, 6) is -1.60. The lowest BCUT2D eigenvalue weighted by Crippen LogP contribution is -2.43. The maximum atomic E-state index is 10.8. The van der Waals surface area contributed by atoms with Gasteiger partial charge in [0.25, 0.3) is 0 Å². The maximum absolute atomic E-state index is 10.8. The van der Waals surface area contributed by atoms with Crippen LogP contribution in [0.1, 0.15) is 30.4 Å². The Morgan fingerprint density at radius 2 is 1.66 bits per heavy atom. The van der Waals surface area contributed by atoms with Crippen molar-refractivity contribution in [2.75, 3.05) is 42.9 Å². The molecule has 2 aliphatic rings. The molecular formula is C31H36F3N7O6. The van der Waals surface area contributed by atoms with E-state index in [4.69, 9.17) is 24.6 Å². The number of hydrogen-bond donors (Lipinski definition) is 6. The topological polar surface area (TPSA) is 178 Å². The van der Waals surface area contributed by atoms with Gasteiger partial charge < -0.3 is 40.7 Å². The molecule has 2 aliphatic heterocycles. The van der Waals surface area contributed by atoms with Crippen LogP contribution in [0.2, 0.25) is 0 Å². The molecule has 6 rings (SSSR count). The van der Waals surface area contributed by atoms with Crippen molar-refractivity contribution in [1.29, 1.82) is 0 Å². The first kappa shape index (κ1) is 34.0. The average molecular weight is 660 g/mol. The summed E-state index contributed by atoms with van der Waals surface area (Å²) < 4.78 is 39.0. The minimum Gasteiger partial charge on any atom is -0.475 e. The number of ether oxygens (including phenoxy) is 1. The lowest BCUT2D eigenvalue weighted by molar-refractivity contribution is -0.192. The van der Waals surface area contributed by atoms with Crippen molar-refractivity contribution in [2.24, 2.45) is 0 Å². The number of anilines is 2. The molecule has 4 aromatic rings. The quantitative estimate of drug-likeness (QED) is 0.171. The predicted molar refractivity (Wildman–Crippen MR) is 165 cm³/mol. The minimum atomic E-state index is -5.08. The Morgan fingerprint density at radius 1 is 1.04 bits per heavy atom. The first-order chi connectivity index (χ1) is 22.4. The average Bonchev–Trinajstić information content (AvgIpc) is 3.42. The molecule has 47 heavy (non-hydrogen) atoms. The second kappa shape index (κ2) is 14.2. The predicted octanol–water partition coefficient (Wildman–Crippen LogP) is 2.25. The first-order valence-corrected chi connectivity index (χ1v) is 15.0. The van der Waals surface area contributed by atoms with E-state index in [9.17, 15) is 28.5 Å². The molecule has 2 aromatic carbocycles. The number of fused-ring (bicyclic) bond motifs is 1. The van der Waals surface area contributed by atoms with E-state index >= 15 is 0 Å². The zero-order chi connectivity index (χ0) is 33.8. The lowest BCUT2D eigenvalue weighted by Gasteiger charge is -2.29. The minimum absolute atomic E-state index is 0.0585. The number of hydrogen-bond acceptors (Lipinski definition) is 11. The maximum Gasteiger partial charge on any atom is 0.490 e. The fourth-order valence-corrected chi connectivity index (χ4v) is 5.58. The first-order valence-electron chi connectivity index (χ1n) is 15.0. The van der Waals surface area contributed by atoms with E-state index < -0.39 is 36.4 Å². The normalized spacial score (nSPS) is 23.3. The summed E-state index contributed by atoms with van der Waals surface area (Å²) in [6, 6.07) is 20.7. The molecule has 13 nitrogen and oxygen atoms in total. The molecular weight excluding hydrogens is 623 g/mol. The van der Waals surface area contributed by atoms with Gasteiger partial charge in [-0.25, -0.2) is 9.78 Å². The van der Waals surface area contributed by atoms with Crippen LogP contribution in [-0.2, 0) is 15.3 Å². The number of benzene rings is 2. The van der Waals surface area contributed by atoms with Gasteiger partial charge in [-0.1, -0.05) is 60.7 Å². The number of carboxylic acid groups (broad SMARTS) is 1. The highest BCUT2D eigenvalue weighted by Gasteiger charge is 2.53. The molecule has 0 amide bonds. The number of aliphatic hydroxyl groups excluding tert-OH is 3. The Morgan fingerprint density at radius 3 is 2.21 bits per heavy atom. The SMILES string of the molecule is C[C@@]1(n2cnc3c(NCC(c4ccccc4)c4ccccc4)nc(N4CCCNCC4)nc32)O[C@@H](O)[C@@H](O)[C@H]1O.O=C(O)C(F)(F)F. The molecule has 2 fully saturated rings. The van der Waals surface area contributed by atoms with Crippen LogP contribution < -0.4 is 15.5 Å². The number of rotatable bonds is 7. The van der Waals surface area contributed by atoms with E-state index in [1.807, 2.05) is 36.4 Å². The molecule has 4 heterocycles. The van der Waals surface area contributed by atoms with E-state index in [-0.39, 0.29) is 5.92 Å². The third-order valence-electron chi connectivity index (χ3n) is 8.13. The van der Waals surface area contributed by atoms with Crippen molar-refractivity contribution in [3.63, 3.8) is 0 Å². The number of imidazole rings is 1. The summed E-state index contributed by atoms with van der Waals surface area (Å²) in [5, 5.41) is 45.3. The number of nitrogens with zero attached hydrogens (tertiary/aromatic N) is 5. The Balaban J connectivity index is 0.000000559. The van der Waals surface area contributed by atoms with Gasteiger partial charge in [0.05, 0.1) is 6.33 Å². The number of nitrogens with one attached hydrogen (secondary N) is 2. The monoisotopic (exact) mass is 659 g/mol. The van der Waals surface area contributed by atoms with E-state index in [1.165, 1.54) is 17.5 Å². The number of alkyl halides is 3. The Hall–Kier alpha value is -4.35. The Bertz CT molecular complexity index is 1600. The number of halogens is 3. The van der Waals surface area contributed by atoms with Gasteiger partial charge >= 0.3 is 12.1 Å². The summed E-state index contributed by atoms with van der Waals surface area (Å²) in [7, 11) is 0. The highest BCUT2D eigenvalue weighted by molar-refractivity contribution is 5.84. The molecule has 2 saturated heterocycles. The smallest absolute Gasteiger partial charge is 0.475 e. The number of aliphatic carboxylic acids is 1. The van der Waals surface area contributed by atoms with Crippen LogP contribution in [-0.4, -0.2) is 103 Å². The van der Waals surface area contributed by atoms with Gasteiger partial charge in [0.1, 0.15) is 12.2 Å². The van der Waals surface area contributed by atoms with E-state index in [2.05, 4.69) is 44.8 Å². The summed E-state index contributed by atoms with van der Waals surface area (Å²) in [5.41, 5.74) is 1.81. The van der Waals surface area contributed by atoms with Crippen molar-refractivity contribution < 1.29 is 43.1 Å². The zero-order valence-electron chi connectivity index (χ0n) is 25.4. The van der Waals surface area contributed by atoms with Crippen molar-refractivity contribution in [3.05, 3.63) is 78.1 Å². The summed E-state index contributed by atoms with van der Waals surface area (Å²) in [6.45, 7) is 5.42. The summed E-state index contributed by atoms with van der Waals surface area (Å²) in [6.07, 6.45) is -7.01. The highest BCUT2D eigenvalue weighted by Crippen LogP contribution is 2.37. The van der Waals surface area contributed by atoms with Crippen molar-refractivity contribution in [2.45, 2.75) is 49.7 Å². The molecule has 6 N–H and O–H groups in total. The molecule has 0 unspecified atom stereocenters. The van der Waals surface area contributed by atoms with Crippen molar-refractivity contribution in [1.82, 2.24) is 24.8 Å². The van der Waals surface area contributed by atoms with Crippen molar-refractivity contribution in [3.8, 4) is 0 Å². The summed E-state index contributed by atoms with van der Waals surface area (Å²) in [4.78, 5) is 25.4. The fourth-order valence-electron chi connectivity index (χ4n) is 5.58. The van der Waals surface area contributed by atoms with Gasteiger partial charge in [0.2, 0.25) is 5.95 Å². The molecule has 0 spiro atoms. The van der Waals surface area contributed by atoms with Gasteiger partial charge in [-0.15, -0.1) is 0 Å². The standard InChI is InChI=1S/C29H35N7O4.C2HF3O2/c1-29(24(38)23(37)27(39)40-29)36-18-32-22-25(33-28(34-26(22)36)35-15-8-13-30-14-16-35)31-17-21(19-9-4-2-5-10-19)20-11-6-3-7-12-20;3-2(4,5)1(6)7/h2-7,9-12,18,21,23-24,27,30,37-39H,8,13-17H2,1H3,(H,31,33,34);(H,6,7)/t23-,24+,27+,29+;/m0./s1. The molecule has 252 valence electrons. The second-order valence-corrected chi connectivity index (χ2v) is 11.3. The van der Waals surface area contributed by atoms with Gasteiger partial charge in [0.15, 0.2) is 29.0 Å². The zero-order valence-corrected chi connectivity index (χ0v) is 25.4. The Kier molecular flexibility index (Phi) is 10.3. The number of carbonyl (C=O) groups is 1. The molecule has 16 heteroatoms. The van der Waals surface area contributed by atoms with Crippen LogP contribution in [0.5, 0.6) is 0 Å². The molecule has 0 bridgehead atoms. The van der Waals surface area contributed by atoms with Gasteiger partial charge in [-0.3, -0.25) is 4.57 Å². The van der Waals surface area contributed by atoms with Gasteiger partial charge in [-0.2, -0.15) is 23.1 Å². The lowest BCUT2D eigenvalue weighted by atomic mass is 9.91. The summed E-state index contributed by atoms with van der Waals surface area (Å²) >= 11 is 0. The van der Waals surface area contributed by atoms with Crippen molar-refractivity contribution >= 4 is 28.9 Å². The Labute approximate surface area is 267 Å². The van der Waals surface area contributed by atoms with Crippen LogP contribution in [0.4, 0.5) is 24.9 Å². The molecule has 0 radical (unpaired) electrons. The van der Waals surface area contributed by atoms with Crippen LogP contribution in [0.15, 0.2) is 67.0 Å². The molecule has 0 saturated carbocycles.